The first kappa shape index (κ1) is 10.7. The van der Waals surface area contributed by atoms with E-state index >= 15 is 0 Å². The van der Waals surface area contributed by atoms with Crippen LogP contribution < -0.4 is 0 Å². The Hall–Kier alpha value is -1.76. The summed E-state index contributed by atoms with van der Waals surface area (Å²) in [7, 11) is 0. The Bertz CT molecular complexity index is 555. The lowest BCUT2D eigenvalue weighted by molar-refractivity contribution is -0.384. The molecule has 0 bridgehead atoms. The van der Waals surface area contributed by atoms with Crippen molar-refractivity contribution in [1.29, 1.82) is 0 Å². The van der Waals surface area contributed by atoms with E-state index in [2.05, 4.69) is 26.1 Å². The average molecular weight is 286 g/mol. The van der Waals surface area contributed by atoms with Crippen LogP contribution >= 0.6 is 15.9 Å². The van der Waals surface area contributed by atoms with Crippen LogP contribution in [0.5, 0.6) is 0 Å². The van der Waals surface area contributed by atoms with Gasteiger partial charge in [-0.25, -0.2) is 4.39 Å². The van der Waals surface area contributed by atoms with E-state index in [1.807, 2.05) is 0 Å². The Morgan fingerprint density at radius 2 is 2.25 bits per heavy atom. The van der Waals surface area contributed by atoms with E-state index in [4.69, 9.17) is 0 Å². The summed E-state index contributed by atoms with van der Waals surface area (Å²) in [5.74, 6) is -0.546. The second kappa shape index (κ2) is 4.01. The number of rotatable bonds is 2. The van der Waals surface area contributed by atoms with E-state index in [-0.39, 0.29) is 16.9 Å². The maximum atomic E-state index is 13.5. The van der Waals surface area contributed by atoms with Gasteiger partial charge in [0, 0.05) is 10.0 Å². The van der Waals surface area contributed by atoms with Crippen molar-refractivity contribution in [3.05, 3.63) is 44.8 Å². The largest absolute Gasteiger partial charge is 0.314 e. The number of benzene rings is 1. The van der Waals surface area contributed by atoms with Crippen molar-refractivity contribution in [3.63, 3.8) is 0 Å². The van der Waals surface area contributed by atoms with E-state index < -0.39 is 10.7 Å². The zero-order valence-electron chi connectivity index (χ0n) is 7.78. The summed E-state index contributed by atoms with van der Waals surface area (Å²) in [5.41, 5.74) is -0.0839. The zero-order valence-corrected chi connectivity index (χ0v) is 9.36. The molecule has 16 heavy (non-hydrogen) atoms. The van der Waals surface area contributed by atoms with Crippen molar-refractivity contribution in [2.24, 2.45) is 0 Å². The van der Waals surface area contributed by atoms with Gasteiger partial charge in [0.25, 0.3) is 0 Å². The highest BCUT2D eigenvalue weighted by Gasteiger charge is 2.20. The van der Waals surface area contributed by atoms with E-state index in [1.54, 1.807) is 0 Å². The minimum Gasteiger partial charge on any atom is -0.271 e. The van der Waals surface area contributed by atoms with E-state index in [1.165, 1.54) is 18.2 Å². The van der Waals surface area contributed by atoms with Gasteiger partial charge in [-0.15, -0.1) is 0 Å². The molecule has 0 aliphatic heterocycles. The number of aromatic nitrogens is 2. The number of nitrogens with zero attached hydrogens (tertiary/aromatic N) is 2. The Morgan fingerprint density at radius 1 is 1.50 bits per heavy atom. The molecule has 1 heterocycles. The van der Waals surface area contributed by atoms with Crippen molar-refractivity contribution in [1.82, 2.24) is 10.2 Å². The number of hydrogen-bond donors (Lipinski definition) is 1. The molecule has 0 amide bonds. The van der Waals surface area contributed by atoms with Crippen LogP contribution in [0.1, 0.15) is 0 Å². The van der Waals surface area contributed by atoms with Gasteiger partial charge in [0.1, 0.15) is 17.7 Å². The van der Waals surface area contributed by atoms with Crippen molar-refractivity contribution >= 4 is 21.6 Å². The number of nitro groups is 1. The minimum atomic E-state index is -0.612. The first-order chi connectivity index (χ1) is 7.59. The molecule has 7 heteroatoms. The Morgan fingerprint density at radius 3 is 2.94 bits per heavy atom. The summed E-state index contributed by atoms with van der Waals surface area (Å²) >= 11 is 3.17. The molecule has 0 fully saturated rings. The van der Waals surface area contributed by atoms with Crippen LogP contribution in [0.4, 0.5) is 10.1 Å². The van der Waals surface area contributed by atoms with Crippen molar-refractivity contribution in [2.75, 3.05) is 0 Å². The smallest absolute Gasteiger partial charge is 0.271 e. The van der Waals surface area contributed by atoms with Crippen LogP contribution in [-0.4, -0.2) is 15.1 Å². The van der Waals surface area contributed by atoms with Crippen LogP contribution in [-0.2, 0) is 0 Å². The summed E-state index contributed by atoms with van der Waals surface area (Å²) in [4.78, 5) is 10.1. The molecule has 0 aliphatic carbocycles. The third-order valence-electron chi connectivity index (χ3n) is 2.01. The van der Waals surface area contributed by atoms with E-state index in [0.29, 0.717) is 4.47 Å². The predicted molar refractivity (Wildman–Crippen MR) is 58.3 cm³/mol. The standard InChI is InChI=1S/C9H5BrFN3O2/c10-5-1-2-7(11)6(3-5)9-8(14(15)16)4-12-13-9/h1-4H,(H,12,13). The van der Waals surface area contributed by atoms with E-state index in [9.17, 15) is 14.5 Å². The third-order valence-corrected chi connectivity index (χ3v) is 2.51. The van der Waals surface area contributed by atoms with Crippen molar-refractivity contribution < 1.29 is 9.31 Å². The van der Waals surface area contributed by atoms with Crippen LogP contribution in [0.25, 0.3) is 11.3 Å². The van der Waals surface area contributed by atoms with Gasteiger partial charge >= 0.3 is 5.69 Å². The van der Waals surface area contributed by atoms with Crippen LogP contribution in [0, 0.1) is 15.9 Å². The molecular weight excluding hydrogens is 281 g/mol. The lowest BCUT2D eigenvalue weighted by Crippen LogP contribution is -1.91. The maximum absolute atomic E-state index is 13.5. The molecule has 1 aromatic carbocycles. The molecule has 0 radical (unpaired) electrons. The normalized spacial score (nSPS) is 10.4. The van der Waals surface area contributed by atoms with Gasteiger partial charge in [-0.2, -0.15) is 5.10 Å². The lowest BCUT2D eigenvalue weighted by atomic mass is 10.1. The van der Waals surface area contributed by atoms with Gasteiger partial charge in [0.15, 0.2) is 0 Å². The minimum absolute atomic E-state index is 0.0591. The SMILES string of the molecule is O=[N+]([O-])c1cn[nH]c1-c1cc(Br)ccc1F. The zero-order chi connectivity index (χ0) is 11.7. The first-order valence-electron chi connectivity index (χ1n) is 4.23. The molecule has 0 unspecified atom stereocenters. The second-order valence-corrected chi connectivity index (χ2v) is 3.93. The van der Waals surface area contributed by atoms with Gasteiger partial charge in [0.2, 0.25) is 0 Å². The molecule has 5 nitrogen and oxygen atoms in total. The topological polar surface area (TPSA) is 71.8 Å². The number of halogens is 2. The van der Waals surface area contributed by atoms with Gasteiger partial charge in [-0.3, -0.25) is 15.2 Å². The first-order valence-corrected chi connectivity index (χ1v) is 5.02. The predicted octanol–water partition coefficient (Wildman–Crippen LogP) is 2.89. The monoisotopic (exact) mass is 285 g/mol. The van der Waals surface area contributed by atoms with Gasteiger partial charge in [-0.05, 0) is 18.2 Å². The summed E-state index contributed by atoms with van der Waals surface area (Å²) < 4.78 is 14.1. The fraction of sp³-hybridized carbons (Fsp3) is 0. The molecule has 0 atom stereocenters. The van der Waals surface area contributed by atoms with Crippen molar-refractivity contribution in [3.8, 4) is 11.3 Å². The molecule has 2 rings (SSSR count). The Labute approximate surface area is 97.6 Å². The number of nitrogens with one attached hydrogen (secondary N) is 1. The number of H-pyrrole nitrogens is 1. The fourth-order valence-corrected chi connectivity index (χ4v) is 1.67. The molecule has 82 valence electrons. The molecule has 1 N–H and O–H groups in total. The summed E-state index contributed by atoms with van der Waals surface area (Å²) in [6.45, 7) is 0. The highest BCUT2D eigenvalue weighted by atomic mass is 79.9. The summed E-state index contributed by atoms with van der Waals surface area (Å²) in [5, 5.41) is 16.6. The molecule has 0 spiro atoms. The van der Waals surface area contributed by atoms with Gasteiger partial charge < -0.3 is 0 Å². The maximum Gasteiger partial charge on any atom is 0.314 e. The van der Waals surface area contributed by atoms with Crippen molar-refractivity contribution in [2.45, 2.75) is 0 Å². The van der Waals surface area contributed by atoms with Gasteiger partial charge in [-0.1, -0.05) is 15.9 Å². The molecule has 1 aromatic heterocycles. The quantitative estimate of drug-likeness (QED) is 0.681. The molecular formula is C9H5BrFN3O2. The highest BCUT2D eigenvalue weighted by molar-refractivity contribution is 9.10. The second-order valence-electron chi connectivity index (χ2n) is 3.01. The number of aromatic amines is 1. The van der Waals surface area contributed by atoms with Crippen LogP contribution in [0.15, 0.2) is 28.9 Å². The average Bonchev–Trinajstić information content (AvgIpc) is 2.70. The summed E-state index contributed by atoms with van der Waals surface area (Å²) in [6.07, 6.45) is 1.05. The Balaban J connectivity index is 2.62. The molecule has 0 saturated carbocycles. The summed E-state index contributed by atoms with van der Waals surface area (Å²) in [6, 6.07) is 4.20. The van der Waals surface area contributed by atoms with Crippen LogP contribution in [0.3, 0.4) is 0 Å². The third kappa shape index (κ3) is 1.81. The van der Waals surface area contributed by atoms with E-state index in [0.717, 1.165) is 6.20 Å². The molecule has 2 aromatic rings. The van der Waals surface area contributed by atoms with Gasteiger partial charge in [0.05, 0.1) is 4.92 Å². The Kier molecular flexibility index (Phi) is 2.69. The highest BCUT2D eigenvalue weighted by Crippen LogP contribution is 2.30. The number of hydrogen-bond acceptors (Lipinski definition) is 3. The van der Waals surface area contributed by atoms with Crippen LogP contribution in [0.2, 0.25) is 0 Å². The molecule has 0 aliphatic rings. The lowest BCUT2D eigenvalue weighted by Gasteiger charge is -2.00. The molecule has 0 saturated heterocycles. The fourth-order valence-electron chi connectivity index (χ4n) is 1.31.